The van der Waals surface area contributed by atoms with Crippen LogP contribution in [0.2, 0.25) is 0 Å². The lowest BCUT2D eigenvalue weighted by molar-refractivity contribution is -0.137. The third kappa shape index (κ3) is 2.05. The van der Waals surface area contributed by atoms with Crippen molar-refractivity contribution in [3.05, 3.63) is 35.4 Å². The number of rotatable bonds is 4. The summed E-state index contributed by atoms with van der Waals surface area (Å²) >= 11 is 0. The molecule has 86 valence electrons. The zero-order valence-electron chi connectivity index (χ0n) is 8.62. The first-order valence-electron chi connectivity index (χ1n) is 5.14. The van der Waals surface area contributed by atoms with E-state index >= 15 is 0 Å². The average Bonchev–Trinajstić information content (AvgIpc) is 2.98. The van der Waals surface area contributed by atoms with Crippen molar-refractivity contribution in [2.24, 2.45) is 0 Å². The standard InChI is InChI=1S/C12H12F2O2/c13-11(14)8-2-1-3-9(6-8)12(4-5-12)7-10(15)16/h1-3,6,11H,4-5,7H2,(H,15,16). The van der Waals surface area contributed by atoms with Gasteiger partial charge in [-0.15, -0.1) is 0 Å². The van der Waals surface area contributed by atoms with Crippen LogP contribution >= 0.6 is 0 Å². The van der Waals surface area contributed by atoms with E-state index in [1.54, 1.807) is 12.1 Å². The topological polar surface area (TPSA) is 37.3 Å². The Balaban J connectivity index is 2.27. The van der Waals surface area contributed by atoms with Gasteiger partial charge >= 0.3 is 5.97 Å². The minimum atomic E-state index is -2.50. The molecular formula is C12H12F2O2. The van der Waals surface area contributed by atoms with Crippen molar-refractivity contribution in [2.75, 3.05) is 0 Å². The van der Waals surface area contributed by atoms with Gasteiger partial charge in [-0.2, -0.15) is 0 Å². The fourth-order valence-electron chi connectivity index (χ4n) is 2.01. The van der Waals surface area contributed by atoms with Crippen LogP contribution in [0.1, 0.15) is 36.8 Å². The van der Waals surface area contributed by atoms with Crippen molar-refractivity contribution in [1.82, 2.24) is 0 Å². The monoisotopic (exact) mass is 226 g/mol. The van der Waals surface area contributed by atoms with Crippen LogP contribution in [0.5, 0.6) is 0 Å². The molecular weight excluding hydrogens is 214 g/mol. The fourth-order valence-corrected chi connectivity index (χ4v) is 2.01. The maximum Gasteiger partial charge on any atom is 0.304 e. The molecule has 1 aliphatic rings. The summed E-state index contributed by atoms with van der Waals surface area (Å²) in [4.78, 5) is 10.7. The lowest BCUT2D eigenvalue weighted by Crippen LogP contribution is -2.13. The van der Waals surface area contributed by atoms with Gasteiger partial charge in [-0.25, -0.2) is 8.78 Å². The van der Waals surface area contributed by atoms with Crippen molar-refractivity contribution in [3.63, 3.8) is 0 Å². The molecule has 0 atom stereocenters. The van der Waals surface area contributed by atoms with Gasteiger partial charge in [0, 0.05) is 11.0 Å². The van der Waals surface area contributed by atoms with Gasteiger partial charge in [-0.1, -0.05) is 18.2 Å². The highest BCUT2D eigenvalue weighted by Gasteiger charge is 2.46. The van der Waals surface area contributed by atoms with E-state index in [0.717, 1.165) is 18.4 Å². The first-order chi connectivity index (χ1) is 7.53. The zero-order chi connectivity index (χ0) is 11.8. The highest BCUT2D eigenvalue weighted by Crippen LogP contribution is 2.51. The molecule has 1 saturated carbocycles. The molecule has 0 unspecified atom stereocenters. The summed E-state index contributed by atoms with van der Waals surface area (Å²) in [5.74, 6) is -0.875. The van der Waals surface area contributed by atoms with E-state index in [9.17, 15) is 13.6 Å². The van der Waals surface area contributed by atoms with E-state index in [4.69, 9.17) is 5.11 Å². The summed E-state index contributed by atoms with van der Waals surface area (Å²) in [5.41, 5.74) is 0.304. The van der Waals surface area contributed by atoms with Crippen molar-refractivity contribution in [3.8, 4) is 0 Å². The van der Waals surface area contributed by atoms with Crippen LogP contribution in [0.25, 0.3) is 0 Å². The minimum Gasteiger partial charge on any atom is -0.481 e. The highest BCUT2D eigenvalue weighted by atomic mass is 19.3. The summed E-state index contributed by atoms with van der Waals surface area (Å²) < 4.78 is 25.0. The van der Waals surface area contributed by atoms with Gasteiger partial charge in [0.2, 0.25) is 0 Å². The lowest BCUT2D eigenvalue weighted by Gasteiger charge is -2.14. The zero-order valence-corrected chi connectivity index (χ0v) is 8.62. The van der Waals surface area contributed by atoms with Crippen molar-refractivity contribution < 1.29 is 18.7 Å². The molecule has 0 radical (unpaired) electrons. The van der Waals surface area contributed by atoms with Gasteiger partial charge in [-0.05, 0) is 24.5 Å². The fraction of sp³-hybridized carbons (Fsp3) is 0.417. The van der Waals surface area contributed by atoms with Gasteiger partial charge in [-0.3, -0.25) is 4.79 Å². The molecule has 0 aromatic heterocycles. The van der Waals surface area contributed by atoms with E-state index < -0.39 is 17.8 Å². The summed E-state index contributed by atoms with van der Waals surface area (Å²) in [6.45, 7) is 0. The summed E-state index contributed by atoms with van der Waals surface area (Å²) in [5, 5.41) is 8.78. The van der Waals surface area contributed by atoms with Crippen LogP contribution in [0.3, 0.4) is 0 Å². The van der Waals surface area contributed by atoms with Gasteiger partial charge in [0.05, 0.1) is 6.42 Å². The Kier molecular flexibility index (Phi) is 2.66. The normalized spacial score (nSPS) is 17.4. The Hall–Kier alpha value is -1.45. The number of carboxylic acid groups (broad SMARTS) is 1. The van der Waals surface area contributed by atoms with E-state index in [1.165, 1.54) is 12.1 Å². The second-order valence-electron chi connectivity index (χ2n) is 4.28. The molecule has 16 heavy (non-hydrogen) atoms. The minimum absolute atomic E-state index is 0.0275. The summed E-state index contributed by atoms with van der Waals surface area (Å²) in [7, 11) is 0. The molecule has 0 heterocycles. The number of halogens is 2. The van der Waals surface area contributed by atoms with E-state index in [1.807, 2.05) is 0 Å². The third-order valence-electron chi connectivity index (χ3n) is 3.09. The van der Waals surface area contributed by atoms with Crippen LogP contribution in [-0.4, -0.2) is 11.1 Å². The SMILES string of the molecule is O=C(O)CC1(c2cccc(C(F)F)c2)CC1. The molecule has 1 N–H and O–H groups in total. The molecule has 1 aliphatic carbocycles. The maximum atomic E-state index is 12.5. The lowest BCUT2D eigenvalue weighted by atomic mass is 9.91. The molecule has 0 aliphatic heterocycles. The number of carboxylic acids is 1. The molecule has 4 heteroatoms. The van der Waals surface area contributed by atoms with E-state index in [0.29, 0.717) is 0 Å². The molecule has 0 bridgehead atoms. The second-order valence-corrected chi connectivity index (χ2v) is 4.28. The van der Waals surface area contributed by atoms with Gasteiger partial charge in [0.25, 0.3) is 6.43 Å². The smallest absolute Gasteiger partial charge is 0.304 e. The Morgan fingerprint density at radius 2 is 2.12 bits per heavy atom. The number of carbonyl (C=O) groups is 1. The van der Waals surface area contributed by atoms with Crippen LogP contribution in [0.15, 0.2) is 24.3 Å². The Labute approximate surface area is 91.9 Å². The van der Waals surface area contributed by atoms with E-state index in [-0.39, 0.29) is 12.0 Å². The molecule has 0 amide bonds. The van der Waals surface area contributed by atoms with Gasteiger partial charge in [0.1, 0.15) is 0 Å². The summed E-state index contributed by atoms with van der Waals surface area (Å²) in [6, 6.07) is 6.10. The quantitative estimate of drug-likeness (QED) is 0.856. The Morgan fingerprint density at radius 1 is 1.44 bits per heavy atom. The van der Waals surface area contributed by atoms with Gasteiger partial charge in [0.15, 0.2) is 0 Å². The molecule has 2 rings (SSSR count). The molecule has 0 saturated heterocycles. The largest absolute Gasteiger partial charge is 0.481 e. The second kappa shape index (κ2) is 3.85. The van der Waals surface area contributed by atoms with Crippen LogP contribution in [0, 0.1) is 0 Å². The highest BCUT2D eigenvalue weighted by molar-refractivity contribution is 5.70. The maximum absolute atomic E-state index is 12.5. The molecule has 0 spiro atoms. The van der Waals surface area contributed by atoms with Gasteiger partial charge < -0.3 is 5.11 Å². The van der Waals surface area contributed by atoms with Crippen molar-refractivity contribution in [1.29, 1.82) is 0 Å². The first-order valence-corrected chi connectivity index (χ1v) is 5.14. The van der Waals surface area contributed by atoms with E-state index in [2.05, 4.69) is 0 Å². The average molecular weight is 226 g/mol. The predicted molar refractivity (Wildman–Crippen MR) is 54.6 cm³/mol. The van der Waals surface area contributed by atoms with Crippen LogP contribution in [0.4, 0.5) is 8.78 Å². The number of hydrogen-bond acceptors (Lipinski definition) is 1. The molecule has 1 aromatic rings. The third-order valence-corrected chi connectivity index (χ3v) is 3.09. The van der Waals surface area contributed by atoms with Crippen molar-refractivity contribution >= 4 is 5.97 Å². The molecule has 1 fully saturated rings. The number of hydrogen-bond donors (Lipinski definition) is 1. The predicted octanol–water partition coefficient (Wildman–Crippen LogP) is 3.13. The van der Waals surface area contributed by atoms with Crippen molar-refractivity contribution in [2.45, 2.75) is 31.1 Å². The number of alkyl halides is 2. The molecule has 1 aromatic carbocycles. The first kappa shape index (κ1) is 11.0. The number of aliphatic carboxylic acids is 1. The Bertz CT molecular complexity index is 411. The van der Waals surface area contributed by atoms with Crippen LogP contribution in [-0.2, 0) is 10.2 Å². The number of benzene rings is 1. The molecule has 2 nitrogen and oxygen atoms in total. The van der Waals surface area contributed by atoms with Crippen LogP contribution < -0.4 is 0 Å². The Morgan fingerprint density at radius 3 is 2.62 bits per heavy atom. The summed E-state index contributed by atoms with van der Waals surface area (Å²) in [6.07, 6.45) is -0.932.